The Morgan fingerprint density at radius 3 is 2.80 bits per heavy atom. The lowest BCUT2D eigenvalue weighted by atomic mass is 10.2. The Bertz CT molecular complexity index is 622. The smallest absolute Gasteiger partial charge is 0.335 e. The molecule has 0 bridgehead atoms. The van der Waals surface area contributed by atoms with Gasteiger partial charge in [-0.2, -0.15) is 11.8 Å². The average Bonchev–Trinajstić information content (AvgIpc) is 2.82. The van der Waals surface area contributed by atoms with Crippen LogP contribution in [-0.4, -0.2) is 32.1 Å². The van der Waals surface area contributed by atoms with Crippen molar-refractivity contribution in [2.24, 2.45) is 0 Å². The van der Waals surface area contributed by atoms with Gasteiger partial charge < -0.3 is 9.67 Å². The molecule has 0 fully saturated rings. The standard InChI is InChI=1S/C15H20N2O2S/c1-4-14-16-12-8-11(15(18)19)6-7-13(12)17(14)10(3)9-20-5-2/h6-8,10H,4-5,9H2,1-3H3,(H,18,19). The van der Waals surface area contributed by atoms with Gasteiger partial charge >= 0.3 is 5.97 Å². The molecule has 1 aromatic heterocycles. The fourth-order valence-corrected chi connectivity index (χ4v) is 3.11. The number of imidazole rings is 1. The molecular weight excluding hydrogens is 272 g/mol. The molecule has 0 amide bonds. The van der Waals surface area contributed by atoms with Crippen molar-refractivity contribution >= 4 is 28.8 Å². The number of benzene rings is 1. The number of aromatic carboxylic acids is 1. The summed E-state index contributed by atoms with van der Waals surface area (Å²) in [5, 5.41) is 9.06. The number of aromatic nitrogens is 2. The second kappa shape index (κ2) is 6.31. The fraction of sp³-hybridized carbons (Fsp3) is 0.467. The molecule has 1 N–H and O–H groups in total. The molecule has 0 saturated carbocycles. The molecule has 108 valence electrons. The quantitative estimate of drug-likeness (QED) is 0.883. The summed E-state index contributed by atoms with van der Waals surface area (Å²) < 4.78 is 2.24. The summed E-state index contributed by atoms with van der Waals surface area (Å²) in [5.74, 6) is 2.25. The van der Waals surface area contributed by atoms with Gasteiger partial charge in [0, 0.05) is 18.2 Å². The molecule has 20 heavy (non-hydrogen) atoms. The van der Waals surface area contributed by atoms with Gasteiger partial charge in [0.2, 0.25) is 0 Å². The maximum Gasteiger partial charge on any atom is 0.335 e. The van der Waals surface area contributed by atoms with Gasteiger partial charge in [-0.05, 0) is 30.9 Å². The Balaban J connectivity index is 2.49. The molecule has 0 aliphatic carbocycles. The second-order valence-electron chi connectivity index (χ2n) is 4.77. The molecule has 1 aromatic carbocycles. The summed E-state index contributed by atoms with van der Waals surface area (Å²) in [6, 6.07) is 5.54. The maximum atomic E-state index is 11.0. The number of hydrogen-bond acceptors (Lipinski definition) is 3. The van der Waals surface area contributed by atoms with E-state index >= 15 is 0 Å². The predicted molar refractivity (Wildman–Crippen MR) is 83.8 cm³/mol. The van der Waals surface area contributed by atoms with E-state index in [-0.39, 0.29) is 0 Å². The van der Waals surface area contributed by atoms with Crippen molar-refractivity contribution in [1.29, 1.82) is 0 Å². The molecule has 1 heterocycles. The summed E-state index contributed by atoms with van der Waals surface area (Å²) in [4.78, 5) is 15.6. The molecule has 0 aliphatic heterocycles. The number of carboxylic acid groups (broad SMARTS) is 1. The van der Waals surface area contributed by atoms with Gasteiger partial charge in [0.05, 0.1) is 16.6 Å². The molecule has 5 heteroatoms. The topological polar surface area (TPSA) is 55.1 Å². The fourth-order valence-electron chi connectivity index (χ4n) is 2.39. The van der Waals surface area contributed by atoms with Gasteiger partial charge in [0.15, 0.2) is 0 Å². The highest BCUT2D eigenvalue weighted by Crippen LogP contribution is 2.25. The lowest BCUT2D eigenvalue weighted by Gasteiger charge is -2.16. The van der Waals surface area contributed by atoms with Crippen LogP contribution in [-0.2, 0) is 6.42 Å². The Hall–Kier alpha value is -1.49. The summed E-state index contributed by atoms with van der Waals surface area (Å²) in [7, 11) is 0. The molecule has 2 rings (SSSR count). The molecule has 4 nitrogen and oxygen atoms in total. The van der Waals surface area contributed by atoms with E-state index in [1.54, 1.807) is 12.1 Å². The first-order valence-corrected chi connectivity index (χ1v) is 8.05. The van der Waals surface area contributed by atoms with Gasteiger partial charge in [-0.25, -0.2) is 9.78 Å². The largest absolute Gasteiger partial charge is 0.478 e. The highest BCUT2D eigenvalue weighted by atomic mass is 32.2. The lowest BCUT2D eigenvalue weighted by molar-refractivity contribution is 0.0697. The highest BCUT2D eigenvalue weighted by Gasteiger charge is 2.16. The van der Waals surface area contributed by atoms with Crippen molar-refractivity contribution in [3.05, 3.63) is 29.6 Å². The minimum atomic E-state index is -0.908. The Morgan fingerprint density at radius 2 is 2.20 bits per heavy atom. The van der Waals surface area contributed by atoms with Crippen LogP contribution in [0, 0.1) is 0 Å². The monoisotopic (exact) mass is 292 g/mol. The number of aryl methyl sites for hydroxylation is 1. The number of hydrogen-bond donors (Lipinski definition) is 1. The van der Waals surface area contributed by atoms with Gasteiger partial charge in [-0.15, -0.1) is 0 Å². The number of carbonyl (C=O) groups is 1. The van der Waals surface area contributed by atoms with E-state index in [0.29, 0.717) is 11.6 Å². The number of fused-ring (bicyclic) bond motifs is 1. The predicted octanol–water partition coefficient (Wildman–Crippen LogP) is 3.61. The van der Waals surface area contributed by atoms with Crippen LogP contribution in [0.1, 0.15) is 43.0 Å². The third kappa shape index (κ3) is 2.82. The lowest BCUT2D eigenvalue weighted by Crippen LogP contribution is -2.11. The molecule has 0 saturated heterocycles. The van der Waals surface area contributed by atoms with Crippen LogP contribution in [0.15, 0.2) is 18.2 Å². The second-order valence-corrected chi connectivity index (χ2v) is 6.09. The van der Waals surface area contributed by atoms with Crippen molar-refractivity contribution in [3.63, 3.8) is 0 Å². The van der Waals surface area contributed by atoms with E-state index in [9.17, 15) is 4.79 Å². The maximum absolute atomic E-state index is 11.0. The van der Waals surface area contributed by atoms with Crippen LogP contribution in [0.25, 0.3) is 11.0 Å². The third-order valence-corrected chi connectivity index (χ3v) is 4.46. The van der Waals surface area contributed by atoms with Gasteiger partial charge in [0.1, 0.15) is 5.82 Å². The van der Waals surface area contributed by atoms with Gasteiger partial charge in [0.25, 0.3) is 0 Å². The molecule has 0 radical (unpaired) electrons. The van der Waals surface area contributed by atoms with Crippen molar-refractivity contribution in [2.45, 2.75) is 33.2 Å². The van der Waals surface area contributed by atoms with E-state index in [4.69, 9.17) is 5.11 Å². The summed E-state index contributed by atoms with van der Waals surface area (Å²) in [6.45, 7) is 6.42. The Kier molecular flexibility index (Phi) is 4.70. The minimum Gasteiger partial charge on any atom is -0.478 e. The zero-order valence-electron chi connectivity index (χ0n) is 12.1. The van der Waals surface area contributed by atoms with E-state index in [2.05, 4.69) is 30.3 Å². The molecular formula is C15H20N2O2S. The van der Waals surface area contributed by atoms with Crippen molar-refractivity contribution < 1.29 is 9.90 Å². The van der Waals surface area contributed by atoms with Crippen LogP contribution in [0.3, 0.4) is 0 Å². The molecule has 1 atom stereocenters. The van der Waals surface area contributed by atoms with Crippen molar-refractivity contribution in [3.8, 4) is 0 Å². The number of carboxylic acids is 1. The van der Waals surface area contributed by atoms with Crippen LogP contribution in [0.4, 0.5) is 0 Å². The van der Waals surface area contributed by atoms with Gasteiger partial charge in [-0.3, -0.25) is 0 Å². The van der Waals surface area contributed by atoms with E-state index in [1.165, 1.54) is 0 Å². The zero-order chi connectivity index (χ0) is 14.7. The van der Waals surface area contributed by atoms with Gasteiger partial charge in [-0.1, -0.05) is 13.8 Å². The number of rotatable bonds is 6. The average molecular weight is 292 g/mol. The van der Waals surface area contributed by atoms with Crippen LogP contribution in [0.2, 0.25) is 0 Å². The molecule has 0 spiro atoms. The van der Waals surface area contributed by atoms with Crippen molar-refractivity contribution in [1.82, 2.24) is 9.55 Å². The first-order valence-electron chi connectivity index (χ1n) is 6.90. The molecule has 0 aliphatic rings. The third-order valence-electron chi connectivity index (χ3n) is 3.33. The Labute approximate surface area is 123 Å². The number of nitrogens with zero attached hydrogens (tertiary/aromatic N) is 2. The van der Waals surface area contributed by atoms with Crippen LogP contribution >= 0.6 is 11.8 Å². The van der Waals surface area contributed by atoms with E-state index in [1.807, 2.05) is 17.8 Å². The minimum absolute atomic E-state index is 0.292. The van der Waals surface area contributed by atoms with Crippen LogP contribution in [0.5, 0.6) is 0 Å². The molecule has 1 unspecified atom stereocenters. The summed E-state index contributed by atoms with van der Waals surface area (Å²) in [5.41, 5.74) is 2.09. The highest BCUT2D eigenvalue weighted by molar-refractivity contribution is 7.99. The number of thioether (sulfide) groups is 1. The SMILES string of the molecule is CCSCC(C)n1c(CC)nc2cc(C(=O)O)ccc21. The zero-order valence-corrected chi connectivity index (χ0v) is 12.9. The summed E-state index contributed by atoms with van der Waals surface area (Å²) >= 11 is 1.91. The molecule has 2 aromatic rings. The van der Waals surface area contributed by atoms with Crippen LogP contribution < -0.4 is 0 Å². The van der Waals surface area contributed by atoms with Crippen molar-refractivity contribution in [2.75, 3.05) is 11.5 Å². The first kappa shape index (κ1) is 14.9. The normalized spacial score (nSPS) is 12.8. The summed E-state index contributed by atoms with van der Waals surface area (Å²) in [6.07, 6.45) is 0.845. The van der Waals surface area contributed by atoms with E-state index < -0.39 is 5.97 Å². The first-order chi connectivity index (χ1) is 9.58. The van der Waals surface area contributed by atoms with E-state index in [0.717, 1.165) is 34.8 Å². The Morgan fingerprint density at radius 1 is 1.45 bits per heavy atom.